The summed E-state index contributed by atoms with van der Waals surface area (Å²) in [6.07, 6.45) is 8.15. The van der Waals surface area contributed by atoms with Crippen LogP contribution >= 0.6 is 0 Å². The predicted molar refractivity (Wildman–Crippen MR) is 77.4 cm³/mol. The largest absolute Gasteiger partial charge is 0.0883 e. The molecule has 0 aromatic heterocycles. The lowest BCUT2D eigenvalue weighted by atomic mass is 10.00. The van der Waals surface area contributed by atoms with Crippen molar-refractivity contribution in [3.8, 4) is 0 Å². The molecule has 94 valence electrons. The predicted octanol–water partition coefficient (Wildman–Crippen LogP) is 5.34. The van der Waals surface area contributed by atoms with Gasteiger partial charge < -0.3 is 0 Å². The molecular weight excluding hydrogens is 204 g/mol. The van der Waals surface area contributed by atoms with E-state index in [0.717, 1.165) is 18.8 Å². The summed E-state index contributed by atoms with van der Waals surface area (Å²) in [5.41, 5.74) is 2.88. The fraction of sp³-hybridized carbons (Fsp3) is 0.529. The molecular formula is C17H26. The highest BCUT2D eigenvalue weighted by Crippen LogP contribution is 2.15. The summed E-state index contributed by atoms with van der Waals surface area (Å²) in [5.74, 6) is 1.41. The van der Waals surface area contributed by atoms with Gasteiger partial charge in [-0.15, -0.1) is 0 Å². The SMILES string of the molecule is CC(C)C/C=C/CCc1ccc(C(C)C)cc1. The highest BCUT2D eigenvalue weighted by atomic mass is 14.0. The van der Waals surface area contributed by atoms with Crippen molar-refractivity contribution in [2.75, 3.05) is 0 Å². The van der Waals surface area contributed by atoms with E-state index in [1.54, 1.807) is 0 Å². The summed E-state index contributed by atoms with van der Waals surface area (Å²) in [6.45, 7) is 9.00. The first-order valence-corrected chi connectivity index (χ1v) is 6.83. The van der Waals surface area contributed by atoms with Crippen LogP contribution in [-0.2, 0) is 6.42 Å². The van der Waals surface area contributed by atoms with Crippen LogP contribution in [0, 0.1) is 5.92 Å². The molecule has 0 heteroatoms. The second kappa shape index (κ2) is 7.32. The molecule has 0 aliphatic carbocycles. The minimum Gasteiger partial charge on any atom is -0.0883 e. The standard InChI is InChI=1S/C17H26/c1-14(2)8-6-5-7-9-16-10-12-17(13-11-16)15(3)4/h5-6,10-15H,7-9H2,1-4H3/b6-5+. The van der Waals surface area contributed by atoms with Gasteiger partial charge in [-0.3, -0.25) is 0 Å². The number of rotatable bonds is 6. The molecule has 0 radical (unpaired) electrons. The Morgan fingerprint density at radius 1 is 0.941 bits per heavy atom. The Kier molecular flexibility index (Phi) is 6.04. The number of aryl methyl sites for hydroxylation is 1. The van der Waals surface area contributed by atoms with E-state index in [0.29, 0.717) is 5.92 Å². The lowest BCUT2D eigenvalue weighted by Crippen LogP contribution is -1.89. The summed E-state index contributed by atoms with van der Waals surface area (Å²) >= 11 is 0. The van der Waals surface area contributed by atoms with Crippen LogP contribution in [0.25, 0.3) is 0 Å². The van der Waals surface area contributed by atoms with Gasteiger partial charge in [0.25, 0.3) is 0 Å². The molecule has 17 heavy (non-hydrogen) atoms. The zero-order valence-electron chi connectivity index (χ0n) is 11.7. The molecule has 1 rings (SSSR count). The van der Waals surface area contributed by atoms with Gasteiger partial charge in [-0.05, 0) is 42.2 Å². The van der Waals surface area contributed by atoms with Gasteiger partial charge in [0, 0.05) is 0 Å². The second-order valence-electron chi connectivity index (χ2n) is 5.54. The molecule has 0 atom stereocenters. The molecule has 0 fully saturated rings. The molecule has 0 unspecified atom stereocenters. The highest BCUT2D eigenvalue weighted by Gasteiger charge is 1.98. The topological polar surface area (TPSA) is 0 Å². The Morgan fingerprint density at radius 3 is 2.12 bits per heavy atom. The van der Waals surface area contributed by atoms with E-state index in [4.69, 9.17) is 0 Å². The Balaban J connectivity index is 2.35. The molecule has 0 aliphatic heterocycles. The smallest absolute Gasteiger partial charge is 0.0219 e. The van der Waals surface area contributed by atoms with Crippen LogP contribution in [0.3, 0.4) is 0 Å². The zero-order valence-corrected chi connectivity index (χ0v) is 11.7. The van der Waals surface area contributed by atoms with Crippen LogP contribution in [0.4, 0.5) is 0 Å². The maximum atomic E-state index is 2.32. The average Bonchev–Trinajstić information content (AvgIpc) is 2.29. The Hall–Kier alpha value is -1.04. The molecule has 0 saturated heterocycles. The zero-order chi connectivity index (χ0) is 12.7. The highest BCUT2D eigenvalue weighted by molar-refractivity contribution is 5.24. The van der Waals surface area contributed by atoms with Crippen LogP contribution < -0.4 is 0 Å². The van der Waals surface area contributed by atoms with Gasteiger partial charge in [-0.2, -0.15) is 0 Å². The fourth-order valence-corrected chi connectivity index (χ4v) is 1.81. The van der Waals surface area contributed by atoms with Crippen LogP contribution in [0.2, 0.25) is 0 Å². The first kappa shape index (κ1) is 14.0. The van der Waals surface area contributed by atoms with E-state index < -0.39 is 0 Å². The Bertz CT molecular complexity index is 328. The van der Waals surface area contributed by atoms with Gasteiger partial charge in [-0.25, -0.2) is 0 Å². The number of benzene rings is 1. The van der Waals surface area contributed by atoms with Gasteiger partial charge in [0.05, 0.1) is 0 Å². The van der Waals surface area contributed by atoms with Crippen LogP contribution in [-0.4, -0.2) is 0 Å². The number of hydrogen-bond donors (Lipinski definition) is 0. The van der Waals surface area contributed by atoms with Crippen molar-refractivity contribution in [1.82, 2.24) is 0 Å². The first-order valence-electron chi connectivity index (χ1n) is 6.83. The lowest BCUT2D eigenvalue weighted by Gasteiger charge is -2.06. The van der Waals surface area contributed by atoms with Gasteiger partial charge in [0.1, 0.15) is 0 Å². The van der Waals surface area contributed by atoms with E-state index in [9.17, 15) is 0 Å². The minimum atomic E-state index is 0.634. The monoisotopic (exact) mass is 230 g/mol. The van der Waals surface area contributed by atoms with E-state index in [2.05, 4.69) is 64.1 Å². The minimum absolute atomic E-state index is 0.634. The maximum Gasteiger partial charge on any atom is -0.0219 e. The summed E-state index contributed by atoms with van der Waals surface area (Å²) in [5, 5.41) is 0. The Labute approximate surface area is 107 Å². The molecule has 0 heterocycles. The van der Waals surface area contributed by atoms with Crippen molar-refractivity contribution in [2.45, 2.75) is 52.9 Å². The van der Waals surface area contributed by atoms with Crippen molar-refractivity contribution in [3.05, 3.63) is 47.5 Å². The van der Waals surface area contributed by atoms with E-state index in [1.165, 1.54) is 17.5 Å². The molecule has 0 saturated carbocycles. The number of allylic oxidation sites excluding steroid dienone is 2. The third-order valence-electron chi connectivity index (χ3n) is 3.02. The molecule has 0 nitrogen and oxygen atoms in total. The summed E-state index contributed by atoms with van der Waals surface area (Å²) < 4.78 is 0. The summed E-state index contributed by atoms with van der Waals surface area (Å²) in [7, 11) is 0. The summed E-state index contributed by atoms with van der Waals surface area (Å²) in [6, 6.07) is 9.06. The third-order valence-corrected chi connectivity index (χ3v) is 3.02. The lowest BCUT2D eigenvalue weighted by molar-refractivity contribution is 0.662. The van der Waals surface area contributed by atoms with Gasteiger partial charge >= 0.3 is 0 Å². The Morgan fingerprint density at radius 2 is 1.59 bits per heavy atom. The van der Waals surface area contributed by atoms with Crippen molar-refractivity contribution in [3.63, 3.8) is 0 Å². The molecule has 0 aliphatic rings. The van der Waals surface area contributed by atoms with Crippen molar-refractivity contribution >= 4 is 0 Å². The van der Waals surface area contributed by atoms with Crippen LogP contribution in [0.1, 0.15) is 57.6 Å². The molecule has 0 bridgehead atoms. The molecule has 1 aromatic rings. The number of hydrogen-bond acceptors (Lipinski definition) is 0. The first-order chi connectivity index (χ1) is 8.09. The quantitative estimate of drug-likeness (QED) is 0.578. The molecule has 0 N–H and O–H groups in total. The fourth-order valence-electron chi connectivity index (χ4n) is 1.81. The van der Waals surface area contributed by atoms with E-state index in [1.807, 2.05) is 0 Å². The summed E-state index contributed by atoms with van der Waals surface area (Å²) in [4.78, 5) is 0. The maximum absolute atomic E-state index is 2.32. The van der Waals surface area contributed by atoms with Gasteiger partial charge in [-0.1, -0.05) is 64.1 Å². The van der Waals surface area contributed by atoms with Crippen molar-refractivity contribution < 1.29 is 0 Å². The second-order valence-corrected chi connectivity index (χ2v) is 5.54. The molecule has 0 spiro atoms. The van der Waals surface area contributed by atoms with Gasteiger partial charge in [0.15, 0.2) is 0 Å². The molecule has 1 aromatic carbocycles. The van der Waals surface area contributed by atoms with Crippen molar-refractivity contribution in [2.24, 2.45) is 5.92 Å². The molecule has 0 amide bonds. The van der Waals surface area contributed by atoms with E-state index in [-0.39, 0.29) is 0 Å². The van der Waals surface area contributed by atoms with Gasteiger partial charge in [0.2, 0.25) is 0 Å². The average molecular weight is 230 g/mol. The third kappa shape index (κ3) is 5.72. The van der Waals surface area contributed by atoms with E-state index >= 15 is 0 Å². The van der Waals surface area contributed by atoms with Crippen LogP contribution in [0.15, 0.2) is 36.4 Å². The van der Waals surface area contributed by atoms with Crippen molar-refractivity contribution in [1.29, 1.82) is 0 Å². The van der Waals surface area contributed by atoms with Crippen LogP contribution in [0.5, 0.6) is 0 Å². The normalized spacial score (nSPS) is 11.9.